The van der Waals surface area contributed by atoms with E-state index in [0.717, 1.165) is 60.3 Å². The van der Waals surface area contributed by atoms with E-state index in [1.54, 1.807) is 11.8 Å². The van der Waals surface area contributed by atoms with E-state index in [4.69, 9.17) is 19.6 Å². The highest BCUT2D eigenvalue weighted by Crippen LogP contribution is 2.44. The number of anilines is 1. The SMILES string of the molecule is COCC1COc2c(S(C)(N)(=O)NC(=O)Nc3c(C)c(C4CC4)nc4c3CCC4)cnn2C1. The average Bonchev–Trinajstić information content (AvgIpc) is 3.30. The summed E-state index contributed by atoms with van der Waals surface area (Å²) in [6, 6.07) is -0.616. The van der Waals surface area contributed by atoms with E-state index in [2.05, 4.69) is 15.1 Å². The van der Waals surface area contributed by atoms with Crippen LogP contribution in [0, 0.1) is 12.8 Å². The van der Waals surface area contributed by atoms with Gasteiger partial charge in [0.15, 0.2) is 0 Å². The number of nitrogens with two attached hydrogens (primary N) is 1. The zero-order valence-electron chi connectivity index (χ0n) is 19.3. The first-order valence-electron chi connectivity index (χ1n) is 11.4. The second-order valence-corrected chi connectivity index (χ2v) is 13.1. The van der Waals surface area contributed by atoms with Gasteiger partial charge in [0.05, 0.1) is 31.6 Å². The fourth-order valence-corrected chi connectivity index (χ4v) is 6.39. The van der Waals surface area contributed by atoms with E-state index < -0.39 is 15.5 Å². The summed E-state index contributed by atoms with van der Waals surface area (Å²) < 4.78 is 29.1. The molecule has 0 spiro atoms. The number of hydrogen-bond donors (Lipinski definition) is 3. The highest BCUT2D eigenvalue weighted by molar-refractivity contribution is 8.16. The van der Waals surface area contributed by atoms with E-state index in [9.17, 15) is 9.00 Å². The van der Waals surface area contributed by atoms with Crippen LogP contribution < -0.4 is 19.9 Å². The van der Waals surface area contributed by atoms with Gasteiger partial charge in [-0.3, -0.25) is 14.8 Å². The third-order valence-electron chi connectivity index (χ3n) is 6.65. The van der Waals surface area contributed by atoms with Crippen molar-refractivity contribution in [2.24, 2.45) is 11.1 Å². The number of carbonyl (C=O) groups is 1. The number of carbonyl (C=O) groups excluding carboxylic acids is 1. The van der Waals surface area contributed by atoms with E-state index in [1.165, 1.54) is 12.5 Å². The number of aromatic nitrogens is 3. The lowest BCUT2D eigenvalue weighted by molar-refractivity contribution is 0.0779. The van der Waals surface area contributed by atoms with Crippen LogP contribution >= 0.6 is 0 Å². The molecular weight excluding hydrogens is 444 g/mol. The summed E-state index contributed by atoms with van der Waals surface area (Å²) in [5, 5.41) is 13.6. The minimum atomic E-state index is -4.29. The van der Waals surface area contributed by atoms with E-state index in [-0.39, 0.29) is 10.8 Å². The van der Waals surface area contributed by atoms with Gasteiger partial charge in [-0.1, -0.05) is 0 Å². The summed E-state index contributed by atoms with van der Waals surface area (Å²) in [7, 11) is -2.66. The lowest BCUT2D eigenvalue weighted by Gasteiger charge is -2.35. The quantitative estimate of drug-likeness (QED) is 0.584. The molecule has 11 heteroatoms. The smallest absolute Gasteiger partial charge is 0.330 e. The Labute approximate surface area is 193 Å². The molecule has 33 heavy (non-hydrogen) atoms. The Kier molecular flexibility index (Phi) is 5.26. The van der Waals surface area contributed by atoms with Crippen LogP contribution in [0.15, 0.2) is 11.1 Å². The molecule has 1 saturated carbocycles. The van der Waals surface area contributed by atoms with Gasteiger partial charge < -0.3 is 14.8 Å². The Bertz CT molecular complexity index is 1180. The molecule has 4 N–H and O–H groups in total. The Morgan fingerprint density at radius 2 is 2.18 bits per heavy atom. The zero-order valence-corrected chi connectivity index (χ0v) is 20.2. The number of ether oxygens (including phenoxy) is 2. The fraction of sp³-hybridized carbons (Fsp3) is 0.591. The van der Waals surface area contributed by atoms with Crippen LogP contribution in [0.2, 0.25) is 0 Å². The minimum absolute atomic E-state index is 0.133. The van der Waals surface area contributed by atoms with Crippen LogP contribution in [0.1, 0.15) is 47.7 Å². The van der Waals surface area contributed by atoms with Crippen molar-refractivity contribution >= 4 is 21.2 Å². The zero-order chi connectivity index (χ0) is 23.4. The van der Waals surface area contributed by atoms with Crippen LogP contribution in [0.4, 0.5) is 10.5 Å². The highest BCUT2D eigenvalue weighted by Gasteiger charge is 2.39. The van der Waals surface area contributed by atoms with Crippen LogP contribution in [-0.4, -0.2) is 51.6 Å². The molecule has 1 atom stereocenters. The molecule has 0 saturated heterocycles. The van der Waals surface area contributed by atoms with Gasteiger partial charge in [0.2, 0.25) is 5.88 Å². The van der Waals surface area contributed by atoms with Crippen molar-refractivity contribution in [1.29, 1.82) is 0 Å². The van der Waals surface area contributed by atoms with Gasteiger partial charge >= 0.3 is 6.03 Å². The maximum atomic E-state index is 13.9. The largest absolute Gasteiger partial charge is 0.476 e. The molecule has 2 aromatic rings. The van der Waals surface area contributed by atoms with Crippen molar-refractivity contribution in [3.8, 4) is 5.88 Å². The predicted octanol–water partition coefficient (Wildman–Crippen LogP) is 2.03. The Morgan fingerprint density at radius 3 is 2.91 bits per heavy atom. The Morgan fingerprint density at radius 1 is 1.39 bits per heavy atom. The first-order chi connectivity index (χ1) is 15.6. The molecule has 1 fully saturated rings. The van der Waals surface area contributed by atoms with Crippen LogP contribution in [0.25, 0.3) is 0 Å². The molecule has 2 aliphatic carbocycles. The van der Waals surface area contributed by atoms with Crippen molar-refractivity contribution in [3.63, 3.8) is 0 Å². The van der Waals surface area contributed by atoms with Gasteiger partial charge in [-0.15, -0.1) is 0 Å². The molecular formula is C22H32N6O4S. The lowest BCUT2D eigenvalue weighted by Crippen LogP contribution is -2.57. The van der Waals surface area contributed by atoms with Crippen molar-refractivity contribution < 1.29 is 18.5 Å². The first-order valence-corrected chi connectivity index (χ1v) is 13.8. The summed E-state index contributed by atoms with van der Waals surface area (Å²) in [5.74, 6) is 0.922. The molecule has 0 radical (unpaired) electrons. The summed E-state index contributed by atoms with van der Waals surface area (Å²) in [5.41, 5.74) is 4.96. The number of aryl methyl sites for hydroxylation is 1. The number of nitrogens with one attached hydrogen (secondary N) is 2. The maximum Gasteiger partial charge on any atom is 0.330 e. The van der Waals surface area contributed by atoms with Crippen molar-refractivity contribution in [2.75, 3.05) is 31.9 Å². The average molecular weight is 477 g/mol. The number of urea groups is 1. The number of hydrogen-bond acceptors (Lipinski definition) is 6. The van der Waals surface area contributed by atoms with E-state index in [1.807, 2.05) is 6.92 Å². The van der Waals surface area contributed by atoms with Crippen LogP contribution in [0.3, 0.4) is 0 Å². The second-order valence-electron chi connectivity index (χ2n) is 9.65. The monoisotopic (exact) mass is 476 g/mol. The molecule has 3 aliphatic rings. The number of nitrogens with zero attached hydrogens (tertiary/aromatic N) is 3. The third kappa shape index (κ3) is 4.13. The molecule has 2 amide bonds. The molecule has 3 heterocycles. The minimum Gasteiger partial charge on any atom is -0.476 e. The van der Waals surface area contributed by atoms with Gasteiger partial charge in [0.1, 0.15) is 4.90 Å². The summed E-state index contributed by atoms with van der Waals surface area (Å²) in [4.78, 5) is 18.2. The molecule has 2 aromatic heterocycles. The van der Waals surface area contributed by atoms with Crippen molar-refractivity contribution in [3.05, 3.63) is 28.7 Å². The van der Waals surface area contributed by atoms with Gasteiger partial charge in [-0.2, -0.15) is 5.10 Å². The molecule has 180 valence electrons. The molecule has 0 aromatic carbocycles. The number of fused-ring (bicyclic) bond motifs is 2. The molecule has 10 nitrogen and oxygen atoms in total. The number of pyridine rings is 1. The summed E-state index contributed by atoms with van der Waals surface area (Å²) in [6.45, 7) is 3.48. The van der Waals surface area contributed by atoms with Gasteiger partial charge in [0, 0.05) is 46.0 Å². The normalized spacial score (nSPS) is 20.8. The van der Waals surface area contributed by atoms with Crippen molar-refractivity contribution in [2.45, 2.75) is 56.4 Å². The maximum absolute atomic E-state index is 13.9. The van der Waals surface area contributed by atoms with Crippen LogP contribution in [-0.2, 0) is 33.6 Å². The number of rotatable bonds is 6. The first kappa shape index (κ1) is 22.3. The summed E-state index contributed by atoms with van der Waals surface area (Å²) >= 11 is 0. The fourth-order valence-electron chi connectivity index (χ4n) is 4.86. The number of methoxy groups -OCH3 is 1. The Balaban J connectivity index is 1.39. The number of amides is 2. The van der Waals surface area contributed by atoms with Gasteiger partial charge in [-0.25, -0.2) is 13.7 Å². The summed E-state index contributed by atoms with van der Waals surface area (Å²) in [6.07, 6.45) is 7.80. The van der Waals surface area contributed by atoms with E-state index >= 15 is 0 Å². The van der Waals surface area contributed by atoms with Gasteiger partial charge in [0.25, 0.3) is 0 Å². The third-order valence-corrected chi connectivity index (χ3v) is 8.72. The second kappa shape index (κ2) is 7.78. The van der Waals surface area contributed by atoms with Crippen LogP contribution in [0.5, 0.6) is 5.88 Å². The highest BCUT2D eigenvalue weighted by atomic mass is 32.3. The molecule has 5 rings (SSSR count). The topological polar surface area (TPSA) is 133 Å². The predicted molar refractivity (Wildman–Crippen MR) is 125 cm³/mol. The molecule has 1 unspecified atom stereocenters. The molecule has 1 aliphatic heterocycles. The van der Waals surface area contributed by atoms with E-state index in [0.29, 0.717) is 31.6 Å². The molecule has 0 bridgehead atoms. The lowest BCUT2D eigenvalue weighted by atomic mass is 10.0. The van der Waals surface area contributed by atoms with Crippen molar-refractivity contribution in [1.82, 2.24) is 19.5 Å². The Hall–Kier alpha value is -2.50. The standard InChI is InChI=1S/C22H32N6O4S/c1-13-19(15-7-8-15)25-17-6-4-5-16(17)20(13)26-22(29)27-33(3,23,30)18-9-24-28-10-14(11-31-2)12-32-21(18)28/h9,14-15H,4-8,10-12H2,1-3H3,(H4,23,25,26,27,29,30). The van der Waals surface area contributed by atoms with Gasteiger partial charge in [-0.05, 0) is 50.2 Å².